The van der Waals surface area contributed by atoms with Gasteiger partial charge in [-0.3, -0.25) is 9.48 Å². The Hall–Kier alpha value is -4.67. The van der Waals surface area contributed by atoms with Crippen molar-refractivity contribution in [3.8, 4) is 39.8 Å². The number of hydrogen-bond donors (Lipinski definition) is 1. The fraction of sp³-hybridized carbons (Fsp3) is 0.192. The monoisotopic (exact) mass is 502 g/mol. The molecule has 1 aromatic heterocycles. The first-order valence-electron chi connectivity index (χ1n) is 11.6. The molecule has 0 unspecified atom stereocenters. The van der Waals surface area contributed by atoms with Crippen molar-refractivity contribution in [3.05, 3.63) is 78.3 Å². The number of hydrogen-bond acceptors (Lipinski definition) is 7. The Bertz CT molecular complexity index is 1540. The molecule has 186 valence electrons. The van der Waals surface area contributed by atoms with Crippen LogP contribution in [0.25, 0.3) is 34.0 Å². The number of aromatic nitrogens is 5. The second-order valence-electron chi connectivity index (χ2n) is 8.72. The molecule has 1 N–H and O–H groups in total. The molecule has 1 aliphatic carbocycles. The van der Waals surface area contributed by atoms with Gasteiger partial charge in [0.05, 0.1) is 18.0 Å². The number of nitrogens with one attached hydrogen (secondary N) is 1. The lowest BCUT2D eigenvalue weighted by Gasteiger charge is -2.07. The molecule has 1 fully saturated rings. The summed E-state index contributed by atoms with van der Waals surface area (Å²) in [6, 6.07) is 13.2. The van der Waals surface area contributed by atoms with E-state index < -0.39 is 11.6 Å². The van der Waals surface area contributed by atoms with E-state index in [2.05, 4.69) is 25.5 Å². The summed E-state index contributed by atoms with van der Waals surface area (Å²) in [5.74, 6) is -0.850. The van der Waals surface area contributed by atoms with Crippen LogP contribution >= 0.6 is 0 Å². The summed E-state index contributed by atoms with van der Waals surface area (Å²) in [5.41, 5.74) is 2.38. The molecule has 3 aliphatic rings. The zero-order valence-electron chi connectivity index (χ0n) is 19.4. The summed E-state index contributed by atoms with van der Waals surface area (Å²) in [5, 5.41) is 11.3. The van der Waals surface area contributed by atoms with Gasteiger partial charge in [0.25, 0.3) is 5.91 Å². The van der Waals surface area contributed by atoms with Crippen molar-refractivity contribution in [2.75, 3.05) is 6.61 Å². The zero-order valence-corrected chi connectivity index (χ0v) is 19.4. The quantitative estimate of drug-likeness (QED) is 0.341. The van der Waals surface area contributed by atoms with Gasteiger partial charge in [-0.2, -0.15) is 5.10 Å². The molecule has 3 aromatic rings. The lowest BCUT2D eigenvalue weighted by molar-refractivity contribution is -0.123. The Morgan fingerprint density at radius 3 is 2.70 bits per heavy atom. The molecule has 0 saturated heterocycles. The van der Waals surface area contributed by atoms with Crippen LogP contribution in [0, 0.1) is 11.6 Å². The Morgan fingerprint density at radius 2 is 1.89 bits per heavy atom. The largest absolute Gasteiger partial charge is 0.484 e. The smallest absolute Gasteiger partial charge is 0.258 e. The molecule has 9 nitrogen and oxygen atoms in total. The summed E-state index contributed by atoms with van der Waals surface area (Å²) in [6.07, 6.45) is 5.22. The Labute approximate surface area is 209 Å². The van der Waals surface area contributed by atoms with Crippen LogP contribution in [0.15, 0.2) is 65.4 Å². The summed E-state index contributed by atoms with van der Waals surface area (Å²) in [6.45, 7) is 0.252. The highest BCUT2D eigenvalue weighted by molar-refractivity contribution is 5.78. The van der Waals surface area contributed by atoms with E-state index >= 15 is 0 Å². The number of imidazole rings is 1. The first kappa shape index (κ1) is 22.8. The van der Waals surface area contributed by atoms with Crippen LogP contribution in [0.5, 0.6) is 5.75 Å². The topological polar surface area (TPSA) is 108 Å². The van der Waals surface area contributed by atoms with Crippen molar-refractivity contribution in [2.24, 2.45) is 0 Å². The lowest BCUT2D eigenvalue weighted by Crippen LogP contribution is -2.30. The van der Waals surface area contributed by atoms with Gasteiger partial charge in [0.2, 0.25) is 0 Å². The number of fused-ring (bicyclic) bond motifs is 1. The minimum Gasteiger partial charge on any atom is -0.484 e. The molecule has 1 amide bonds. The predicted octanol–water partition coefficient (Wildman–Crippen LogP) is 4.08. The Kier molecular flexibility index (Phi) is 5.79. The highest BCUT2D eigenvalue weighted by atomic mass is 19.2. The van der Waals surface area contributed by atoms with E-state index in [9.17, 15) is 13.6 Å². The fourth-order valence-corrected chi connectivity index (χ4v) is 3.80. The third kappa shape index (κ3) is 5.01. The maximum atomic E-state index is 14.1. The molecular formula is C26H20F2N6O3. The number of halogens is 2. The van der Waals surface area contributed by atoms with Crippen LogP contribution in [-0.2, 0) is 11.3 Å². The molecule has 0 atom stereocenters. The van der Waals surface area contributed by atoms with Gasteiger partial charge in [0.1, 0.15) is 29.4 Å². The number of benzene rings is 2. The maximum Gasteiger partial charge on any atom is 0.258 e. The van der Waals surface area contributed by atoms with Crippen LogP contribution in [0.3, 0.4) is 0 Å². The second-order valence-corrected chi connectivity index (χ2v) is 8.72. The van der Waals surface area contributed by atoms with Crippen LogP contribution in [0.2, 0.25) is 0 Å². The van der Waals surface area contributed by atoms with Crippen molar-refractivity contribution >= 4 is 5.91 Å². The van der Waals surface area contributed by atoms with Gasteiger partial charge in [-0.15, -0.1) is 0 Å². The van der Waals surface area contributed by atoms with Crippen molar-refractivity contribution < 1.29 is 22.8 Å². The van der Waals surface area contributed by atoms with Gasteiger partial charge in [-0.25, -0.2) is 18.7 Å². The van der Waals surface area contributed by atoms with Gasteiger partial charge in [0, 0.05) is 17.7 Å². The molecule has 0 bridgehead atoms. The summed E-state index contributed by atoms with van der Waals surface area (Å²) in [7, 11) is 0. The van der Waals surface area contributed by atoms with Crippen molar-refractivity contribution in [3.63, 3.8) is 0 Å². The van der Waals surface area contributed by atoms with E-state index in [0.29, 0.717) is 34.6 Å². The summed E-state index contributed by atoms with van der Waals surface area (Å²) in [4.78, 5) is 20.4. The van der Waals surface area contributed by atoms with Crippen molar-refractivity contribution in [1.29, 1.82) is 0 Å². The summed E-state index contributed by atoms with van der Waals surface area (Å²) >= 11 is 0. The highest BCUT2D eigenvalue weighted by Crippen LogP contribution is 2.27. The number of nitrogens with zero attached hydrogens (tertiary/aromatic N) is 5. The van der Waals surface area contributed by atoms with E-state index in [1.807, 2.05) is 12.1 Å². The molecule has 6 rings (SSSR count). The Morgan fingerprint density at radius 1 is 1.08 bits per heavy atom. The van der Waals surface area contributed by atoms with E-state index in [1.54, 1.807) is 29.1 Å². The van der Waals surface area contributed by atoms with E-state index in [0.717, 1.165) is 24.5 Å². The standard InChI is InChI=1S/C26H20F2N6O3/c27-20-3-1-2-19(25(20)28)26-31-22-11-29-34(13-23(22)32-26)12-18-10-21(33-37-18)15-4-8-17(9-5-15)36-14-24(35)30-16-6-7-16/h1-5,8-11,13,16H,6-7,12,14H2,(H,30,35). The van der Waals surface area contributed by atoms with Crippen LogP contribution < -0.4 is 10.1 Å². The van der Waals surface area contributed by atoms with Crippen molar-refractivity contribution in [2.45, 2.75) is 25.4 Å². The SMILES string of the molecule is O=C(COc1ccc(-c2cc(Cn3cc4nc(-c5cccc(F)c5F)nc-4cn3)on2)cc1)NC1CC1. The van der Waals surface area contributed by atoms with Crippen LogP contribution in [0.1, 0.15) is 18.6 Å². The first-order chi connectivity index (χ1) is 18.0. The van der Waals surface area contributed by atoms with Gasteiger partial charge in [0.15, 0.2) is 29.8 Å². The zero-order chi connectivity index (χ0) is 25.4. The molecule has 0 radical (unpaired) electrons. The fourth-order valence-electron chi connectivity index (χ4n) is 3.80. The third-order valence-electron chi connectivity index (χ3n) is 5.85. The summed E-state index contributed by atoms with van der Waals surface area (Å²) < 4.78 is 40.3. The lowest BCUT2D eigenvalue weighted by atomic mass is 10.1. The van der Waals surface area contributed by atoms with Crippen LogP contribution in [-0.4, -0.2) is 43.5 Å². The average molecular weight is 502 g/mol. The van der Waals surface area contributed by atoms with E-state index in [1.165, 1.54) is 18.3 Å². The minimum atomic E-state index is -0.994. The van der Waals surface area contributed by atoms with E-state index in [4.69, 9.17) is 9.26 Å². The molecular weight excluding hydrogens is 482 g/mol. The molecule has 1 saturated carbocycles. The average Bonchev–Trinajstić information content (AvgIpc) is 3.42. The van der Waals surface area contributed by atoms with Gasteiger partial charge >= 0.3 is 0 Å². The molecule has 2 aliphatic heterocycles. The highest BCUT2D eigenvalue weighted by Gasteiger charge is 2.23. The van der Waals surface area contributed by atoms with Gasteiger partial charge in [-0.1, -0.05) is 11.2 Å². The number of ether oxygens (including phenoxy) is 1. The molecule has 11 heteroatoms. The predicted molar refractivity (Wildman–Crippen MR) is 127 cm³/mol. The number of rotatable bonds is 8. The third-order valence-corrected chi connectivity index (χ3v) is 5.85. The second kappa shape index (κ2) is 9.41. The van der Waals surface area contributed by atoms with Gasteiger partial charge in [-0.05, 0) is 49.2 Å². The number of carbonyl (C=O) groups excluding carboxylic acids is 1. The van der Waals surface area contributed by atoms with Crippen molar-refractivity contribution in [1.82, 2.24) is 30.2 Å². The first-order valence-corrected chi connectivity index (χ1v) is 11.6. The molecule has 3 heterocycles. The normalized spacial score (nSPS) is 13.1. The van der Waals surface area contributed by atoms with Crippen LogP contribution in [0.4, 0.5) is 8.78 Å². The maximum absolute atomic E-state index is 14.1. The minimum absolute atomic E-state index is 0.0134. The molecule has 37 heavy (non-hydrogen) atoms. The number of carbonyl (C=O) groups is 1. The Balaban J connectivity index is 1.12. The van der Waals surface area contributed by atoms with E-state index in [-0.39, 0.29) is 30.4 Å². The number of amides is 1. The van der Waals surface area contributed by atoms with Gasteiger partial charge < -0.3 is 14.6 Å². The molecule has 2 aromatic carbocycles. The molecule has 0 spiro atoms.